The average molecular weight is 458 g/mol. The van der Waals surface area contributed by atoms with E-state index in [1.165, 1.54) is 16.3 Å². The van der Waals surface area contributed by atoms with Gasteiger partial charge < -0.3 is 24.4 Å². The summed E-state index contributed by atoms with van der Waals surface area (Å²) >= 11 is 0. The van der Waals surface area contributed by atoms with E-state index in [2.05, 4.69) is 65.7 Å². The van der Waals surface area contributed by atoms with Gasteiger partial charge in [-0.1, -0.05) is 42.5 Å². The molecule has 0 radical (unpaired) electrons. The fraction of sp³-hybridized carbons (Fsp3) is 0.321. The second-order valence-corrected chi connectivity index (χ2v) is 8.61. The van der Waals surface area contributed by atoms with Crippen LogP contribution in [0.4, 0.5) is 5.82 Å². The van der Waals surface area contributed by atoms with Gasteiger partial charge in [0.1, 0.15) is 22.8 Å². The van der Waals surface area contributed by atoms with Gasteiger partial charge in [0.15, 0.2) is 0 Å². The van der Waals surface area contributed by atoms with Crippen LogP contribution in [0.2, 0.25) is 0 Å². The standard InChI is InChI=1S/C28H31N3O3/c1-19(22-10-6-8-20-7-4-5-9-23(20)22)29-18-21-17-24-25(32-2)11-12-26(33-3)27(24)30-28(21)31-13-15-34-16-14-31/h4-12,17,19,29H,13-16,18H2,1-3H3. The van der Waals surface area contributed by atoms with E-state index in [1.54, 1.807) is 14.2 Å². The first-order valence-electron chi connectivity index (χ1n) is 11.8. The Morgan fingerprint density at radius 2 is 1.68 bits per heavy atom. The van der Waals surface area contributed by atoms with Crippen LogP contribution in [-0.2, 0) is 11.3 Å². The van der Waals surface area contributed by atoms with Gasteiger partial charge in [-0.05, 0) is 41.5 Å². The van der Waals surface area contributed by atoms with E-state index in [1.807, 2.05) is 12.1 Å². The summed E-state index contributed by atoms with van der Waals surface area (Å²) in [7, 11) is 3.37. The van der Waals surface area contributed by atoms with E-state index in [0.717, 1.165) is 46.9 Å². The van der Waals surface area contributed by atoms with Crippen LogP contribution < -0.4 is 19.7 Å². The highest BCUT2D eigenvalue weighted by Crippen LogP contribution is 2.36. The average Bonchev–Trinajstić information content (AvgIpc) is 2.90. The van der Waals surface area contributed by atoms with Gasteiger partial charge in [0, 0.05) is 36.6 Å². The van der Waals surface area contributed by atoms with E-state index in [0.29, 0.717) is 19.8 Å². The van der Waals surface area contributed by atoms with Crippen molar-refractivity contribution in [3.05, 3.63) is 71.8 Å². The van der Waals surface area contributed by atoms with Crippen LogP contribution in [0.1, 0.15) is 24.1 Å². The number of anilines is 1. The minimum absolute atomic E-state index is 0.173. The van der Waals surface area contributed by atoms with Crippen LogP contribution >= 0.6 is 0 Å². The maximum absolute atomic E-state index is 5.66. The lowest BCUT2D eigenvalue weighted by Crippen LogP contribution is -2.37. The van der Waals surface area contributed by atoms with Gasteiger partial charge in [-0.2, -0.15) is 0 Å². The summed E-state index contributed by atoms with van der Waals surface area (Å²) in [6, 6.07) is 21.2. The molecule has 1 saturated heterocycles. The van der Waals surface area contributed by atoms with E-state index < -0.39 is 0 Å². The lowest BCUT2D eigenvalue weighted by Gasteiger charge is -2.30. The topological polar surface area (TPSA) is 55.9 Å². The summed E-state index contributed by atoms with van der Waals surface area (Å²) in [5.41, 5.74) is 3.24. The highest BCUT2D eigenvalue weighted by molar-refractivity contribution is 5.92. The maximum atomic E-state index is 5.66. The first kappa shape index (κ1) is 22.4. The molecule has 0 aliphatic carbocycles. The zero-order chi connectivity index (χ0) is 23.5. The monoisotopic (exact) mass is 457 g/mol. The molecule has 6 heteroatoms. The number of aromatic nitrogens is 1. The fourth-order valence-electron chi connectivity index (χ4n) is 4.76. The number of nitrogens with one attached hydrogen (secondary N) is 1. The van der Waals surface area contributed by atoms with Crippen molar-refractivity contribution in [1.82, 2.24) is 10.3 Å². The molecule has 1 aliphatic rings. The van der Waals surface area contributed by atoms with Gasteiger partial charge in [-0.15, -0.1) is 0 Å². The number of ether oxygens (including phenoxy) is 3. The second-order valence-electron chi connectivity index (χ2n) is 8.61. The van der Waals surface area contributed by atoms with Crippen molar-refractivity contribution >= 4 is 27.5 Å². The van der Waals surface area contributed by atoms with E-state index >= 15 is 0 Å². The van der Waals surface area contributed by atoms with Crippen LogP contribution in [0.5, 0.6) is 11.5 Å². The molecule has 1 atom stereocenters. The molecule has 1 unspecified atom stereocenters. The third-order valence-corrected chi connectivity index (χ3v) is 6.60. The van der Waals surface area contributed by atoms with E-state index in [4.69, 9.17) is 19.2 Å². The number of nitrogens with zero attached hydrogens (tertiary/aromatic N) is 2. The number of methoxy groups -OCH3 is 2. The van der Waals surface area contributed by atoms with Crippen molar-refractivity contribution in [2.75, 3.05) is 45.4 Å². The molecule has 1 fully saturated rings. The largest absolute Gasteiger partial charge is 0.496 e. The Kier molecular flexibility index (Phi) is 6.52. The predicted molar refractivity (Wildman–Crippen MR) is 137 cm³/mol. The van der Waals surface area contributed by atoms with Crippen molar-refractivity contribution in [2.45, 2.75) is 19.5 Å². The second kappa shape index (κ2) is 9.87. The molecule has 1 aliphatic heterocycles. The molecule has 0 bridgehead atoms. The Labute approximate surface area is 200 Å². The highest BCUT2D eigenvalue weighted by Gasteiger charge is 2.21. The molecule has 0 saturated carbocycles. The molecule has 2 heterocycles. The maximum Gasteiger partial charge on any atom is 0.145 e. The van der Waals surface area contributed by atoms with Crippen molar-refractivity contribution < 1.29 is 14.2 Å². The smallest absolute Gasteiger partial charge is 0.145 e. The molecule has 0 amide bonds. The quantitative estimate of drug-likeness (QED) is 0.417. The Balaban J connectivity index is 1.53. The molecule has 176 valence electrons. The molecule has 0 spiro atoms. The lowest BCUT2D eigenvalue weighted by atomic mass is 9.99. The van der Waals surface area contributed by atoms with E-state index in [-0.39, 0.29) is 6.04 Å². The molecular formula is C28H31N3O3. The predicted octanol–water partition coefficient (Wildman–Crippen LogP) is 5.09. The third-order valence-electron chi connectivity index (χ3n) is 6.60. The summed E-state index contributed by atoms with van der Waals surface area (Å²) in [6.45, 7) is 5.93. The van der Waals surface area contributed by atoms with Gasteiger partial charge >= 0.3 is 0 Å². The molecule has 5 rings (SSSR count). The summed E-state index contributed by atoms with van der Waals surface area (Å²) in [6.07, 6.45) is 0. The normalized spacial score (nSPS) is 15.0. The van der Waals surface area contributed by atoms with Crippen molar-refractivity contribution in [3.8, 4) is 11.5 Å². The van der Waals surface area contributed by atoms with E-state index in [9.17, 15) is 0 Å². The third kappa shape index (κ3) is 4.27. The summed E-state index contributed by atoms with van der Waals surface area (Å²) in [5.74, 6) is 2.51. The van der Waals surface area contributed by atoms with Gasteiger partial charge in [-0.25, -0.2) is 4.98 Å². The Bertz CT molecular complexity index is 1300. The minimum atomic E-state index is 0.173. The first-order valence-corrected chi connectivity index (χ1v) is 11.8. The number of hydrogen-bond acceptors (Lipinski definition) is 6. The Morgan fingerprint density at radius 1 is 0.941 bits per heavy atom. The molecule has 6 nitrogen and oxygen atoms in total. The van der Waals surface area contributed by atoms with Gasteiger partial charge in [-0.3, -0.25) is 0 Å². The van der Waals surface area contributed by atoms with Gasteiger partial charge in [0.25, 0.3) is 0 Å². The molecule has 3 aromatic carbocycles. The molecule has 34 heavy (non-hydrogen) atoms. The number of hydrogen-bond donors (Lipinski definition) is 1. The number of morpholine rings is 1. The highest BCUT2D eigenvalue weighted by atomic mass is 16.5. The number of benzene rings is 3. The molecule has 1 N–H and O–H groups in total. The zero-order valence-corrected chi connectivity index (χ0v) is 20.0. The molecule has 1 aromatic heterocycles. The number of fused-ring (bicyclic) bond motifs is 2. The van der Waals surface area contributed by atoms with Crippen LogP contribution in [0.15, 0.2) is 60.7 Å². The van der Waals surface area contributed by atoms with Crippen LogP contribution in [0.25, 0.3) is 21.7 Å². The SMILES string of the molecule is COc1ccc(OC)c2nc(N3CCOCC3)c(CNC(C)c3cccc4ccccc34)cc12. The minimum Gasteiger partial charge on any atom is -0.496 e. The number of rotatable bonds is 7. The summed E-state index contributed by atoms with van der Waals surface area (Å²) in [4.78, 5) is 7.41. The van der Waals surface area contributed by atoms with Crippen molar-refractivity contribution in [3.63, 3.8) is 0 Å². The lowest BCUT2D eigenvalue weighted by molar-refractivity contribution is 0.122. The van der Waals surface area contributed by atoms with Crippen LogP contribution in [0, 0.1) is 0 Å². The zero-order valence-electron chi connectivity index (χ0n) is 20.0. The fourth-order valence-corrected chi connectivity index (χ4v) is 4.76. The number of pyridine rings is 1. The Morgan fingerprint density at radius 3 is 2.47 bits per heavy atom. The summed E-state index contributed by atoms with van der Waals surface area (Å²) < 4.78 is 16.9. The van der Waals surface area contributed by atoms with Crippen molar-refractivity contribution in [2.24, 2.45) is 0 Å². The van der Waals surface area contributed by atoms with Gasteiger partial charge in [0.05, 0.1) is 27.4 Å². The molecule has 4 aromatic rings. The summed E-state index contributed by atoms with van der Waals surface area (Å²) in [5, 5.41) is 7.24. The van der Waals surface area contributed by atoms with Crippen LogP contribution in [-0.4, -0.2) is 45.5 Å². The first-order chi connectivity index (χ1) is 16.7. The molecular weight excluding hydrogens is 426 g/mol. The van der Waals surface area contributed by atoms with Crippen molar-refractivity contribution in [1.29, 1.82) is 0 Å². The van der Waals surface area contributed by atoms with Crippen LogP contribution in [0.3, 0.4) is 0 Å². The Hall–Kier alpha value is -3.35. The van der Waals surface area contributed by atoms with Gasteiger partial charge in [0.2, 0.25) is 0 Å².